The predicted molar refractivity (Wildman–Crippen MR) is 126 cm³/mol. The number of carbonyl (C=O) groups excluding carboxylic acids is 2. The second kappa shape index (κ2) is 11.7. The lowest BCUT2D eigenvalue weighted by atomic mass is 9.88. The molecular formula is C26H33NO6. The fourth-order valence-electron chi connectivity index (χ4n) is 3.65. The molecule has 1 amide bonds. The van der Waals surface area contributed by atoms with Crippen LogP contribution in [0.5, 0.6) is 0 Å². The van der Waals surface area contributed by atoms with E-state index in [4.69, 9.17) is 9.84 Å². The van der Waals surface area contributed by atoms with Gasteiger partial charge in [-0.15, -0.1) is 0 Å². The zero-order chi connectivity index (χ0) is 24.6. The monoisotopic (exact) mass is 455 g/mol. The number of Topliss-reactive ketones (excluding diaryl/α,β-unsaturated/α-hetero) is 1. The molecule has 0 spiro atoms. The Morgan fingerprint density at radius 3 is 2.61 bits per heavy atom. The van der Waals surface area contributed by atoms with Crippen molar-refractivity contribution in [3.63, 3.8) is 0 Å². The number of ether oxygens (including phenoxy) is 1. The standard InChI is InChI=1S/C26H33NO6/c1-5-6-11-17(2)14-18(3)15-19(4)25(31)27-20-16-26(32,24-23(33-24)22(20)30)13-10-8-7-9-12-21(28)29/h7-10,12-17,23-24,32H,5-6,11H2,1-4H3,(H,27,31)(H,28,29). The average Bonchev–Trinajstić information content (AvgIpc) is 3.55. The Labute approximate surface area is 194 Å². The van der Waals surface area contributed by atoms with Crippen LogP contribution in [0.4, 0.5) is 0 Å². The Balaban J connectivity index is 2.09. The Morgan fingerprint density at radius 1 is 1.24 bits per heavy atom. The molecule has 4 unspecified atom stereocenters. The van der Waals surface area contributed by atoms with Crippen LogP contribution in [0.25, 0.3) is 0 Å². The van der Waals surface area contributed by atoms with E-state index in [9.17, 15) is 19.5 Å². The smallest absolute Gasteiger partial charge is 0.328 e. The Bertz CT molecular complexity index is 952. The number of allylic oxidation sites excluding steroid dienone is 7. The van der Waals surface area contributed by atoms with Gasteiger partial charge < -0.3 is 20.3 Å². The van der Waals surface area contributed by atoms with Gasteiger partial charge in [-0.05, 0) is 38.3 Å². The summed E-state index contributed by atoms with van der Waals surface area (Å²) in [6.07, 6.45) is 15.4. The normalized spacial score (nSPS) is 26.6. The molecule has 7 heteroatoms. The minimum Gasteiger partial charge on any atom is -0.478 e. The van der Waals surface area contributed by atoms with Gasteiger partial charge in [0.1, 0.15) is 11.7 Å². The van der Waals surface area contributed by atoms with Gasteiger partial charge in [0.2, 0.25) is 5.78 Å². The molecule has 2 aliphatic rings. The van der Waals surface area contributed by atoms with Gasteiger partial charge in [0.25, 0.3) is 5.91 Å². The number of hydrogen-bond acceptors (Lipinski definition) is 5. The quantitative estimate of drug-likeness (QED) is 0.249. The molecule has 33 heavy (non-hydrogen) atoms. The number of hydrogen-bond donors (Lipinski definition) is 3. The number of carboxylic acids is 1. The molecule has 178 valence electrons. The fraction of sp³-hybridized carbons (Fsp3) is 0.423. The number of ketones is 1. The average molecular weight is 456 g/mol. The maximum Gasteiger partial charge on any atom is 0.328 e. The van der Waals surface area contributed by atoms with Gasteiger partial charge in [0.15, 0.2) is 6.10 Å². The van der Waals surface area contributed by atoms with Crippen molar-refractivity contribution in [2.45, 2.75) is 64.8 Å². The number of rotatable bonds is 11. The second-order valence-corrected chi connectivity index (χ2v) is 8.54. The lowest BCUT2D eigenvalue weighted by molar-refractivity contribution is -0.131. The van der Waals surface area contributed by atoms with Gasteiger partial charge in [-0.2, -0.15) is 0 Å². The number of carbonyl (C=O) groups is 3. The van der Waals surface area contributed by atoms with Crippen molar-refractivity contribution < 1.29 is 29.3 Å². The van der Waals surface area contributed by atoms with E-state index in [1.807, 2.05) is 6.92 Å². The molecule has 3 N–H and O–H groups in total. The topological polar surface area (TPSA) is 116 Å². The van der Waals surface area contributed by atoms with Gasteiger partial charge in [-0.3, -0.25) is 9.59 Å². The van der Waals surface area contributed by atoms with Crippen molar-refractivity contribution in [1.29, 1.82) is 0 Å². The van der Waals surface area contributed by atoms with E-state index in [-0.39, 0.29) is 11.5 Å². The van der Waals surface area contributed by atoms with Crippen molar-refractivity contribution in [3.05, 3.63) is 71.5 Å². The molecule has 0 aromatic heterocycles. The van der Waals surface area contributed by atoms with Crippen molar-refractivity contribution in [1.82, 2.24) is 5.32 Å². The third-order valence-electron chi connectivity index (χ3n) is 5.39. The maximum absolute atomic E-state index is 12.7. The number of amides is 1. The molecule has 0 radical (unpaired) electrons. The minimum absolute atomic E-state index is 0.00801. The first kappa shape index (κ1) is 26.2. The number of aliphatic hydroxyl groups is 1. The highest BCUT2D eigenvalue weighted by Gasteiger charge is 2.59. The molecule has 1 heterocycles. The largest absolute Gasteiger partial charge is 0.478 e. The SMILES string of the molecule is CCCCC(C)C=C(C)C=C(C)C(=O)NC1=CC(O)(C=CC=CC=CC(=O)O)C2OC2C1=O. The maximum atomic E-state index is 12.7. The summed E-state index contributed by atoms with van der Waals surface area (Å²) in [5.41, 5.74) is -0.147. The summed E-state index contributed by atoms with van der Waals surface area (Å²) in [5.74, 6) is -1.45. The minimum atomic E-state index is -1.57. The summed E-state index contributed by atoms with van der Waals surface area (Å²) >= 11 is 0. The Morgan fingerprint density at radius 2 is 1.94 bits per heavy atom. The predicted octanol–water partition coefficient (Wildman–Crippen LogP) is 3.54. The summed E-state index contributed by atoms with van der Waals surface area (Å²) in [6.45, 7) is 7.91. The molecule has 0 bridgehead atoms. The third kappa shape index (κ3) is 7.80. The first-order valence-electron chi connectivity index (χ1n) is 11.2. The first-order chi connectivity index (χ1) is 15.6. The van der Waals surface area contributed by atoms with Crippen LogP contribution >= 0.6 is 0 Å². The molecule has 4 atom stereocenters. The number of carboxylic acid groups (broad SMARTS) is 1. The van der Waals surface area contributed by atoms with E-state index >= 15 is 0 Å². The van der Waals surface area contributed by atoms with Crippen molar-refractivity contribution in [2.75, 3.05) is 0 Å². The van der Waals surface area contributed by atoms with Crippen molar-refractivity contribution in [2.24, 2.45) is 5.92 Å². The molecule has 1 fully saturated rings. The van der Waals surface area contributed by atoms with Gasteiger partial charge in [0.05, 0.1) is 5.70 Å². The fourth-order valence-corrected chi connectivity index (χ4v) is 3.65. The summed E-state index contributed by atoms with van der Waals surface area (Å²) in [4.78, 5) is 35.6. The van der Waals surface area contributed by atoms with Gasteiger partial charge in [-0.1, -0.05) is 68.7 Å². The van der Waals surface area contributed by atoms with E-state index in [0.29, 0.717) is 11.5 Å². The molecule has 1 aliphatic carbocycles. The number of epoxide rings is 1. The highest BCUT2D eigenvalue weighted by atomic mass is 16.6. The van der Waals surface area contributed by atoms with E-state index in [2.05, 4.69) is 25.2 Å². The van der Waals surface area contributed by atoms with Crippen LogP contribution < -0.4 is 5.32 Å². The highest BCUT2D eigenvalue weighted by Crippen LogP contribution is 2.40. The number of aliphatic carboxylic acids is 1. The summed E-state index contributed by atoms with van der Waals surface area (Å²) in [6, 6.07) is 0. The lowest BCUT2D eigenvalue weighted by Crippen LogP contribution is -2.42. The van der Waals surface area contributed by atoms with Gasteiger partial charge in [0, 0.05) is 11.6 Å². The molecule has 2 rings (SSSR count). The van der Waals surface area contributed by atoms with E-state index in [0.717, 1.165) is 30.9 Å². The Kier molecular flexibility index (Phi) is 9.32. The van der Waals surface area contributed by atoms with Crippen molar-refractivity contribution >= 4 is 17.7 Å². The number of unbranched alkanes of at least 4 members (excludes halogenated alkanes) is 1. The van der Waals surface area contributed by atoms with Crippen LogP contribution in [-0.2, 0) is 19.1 Å². The zero-order valence-electron chi connectivity index (χ0n) is 19.6. The summed E-state index contributed by atoms with van der Waals surface area (Å²) in [7, 11) is 0. The Hall–Kier alpha value is -3.03. The van der Waals surface area contributed by atoms with Crippen LogP contribution in [0.1, 0.15) is 47.0 Å². The molecule has 1 saturated heterocycles. The highest BCUT2D eigenvalue weighted by molar-refractivity contribution is 6.07. The van der Waals surface area contributed by atoms with Gasteiger partial charge in [-0.25, -0.2) is 4.79 Å². The molecule has 1 aliphatic heterocycles. The molecular weight excluding hydrogens is 422 g/mol. The van der Waals surface area contributed by atoms with Crippen LogP contribution in [0, 0.1) is 5.92 Å². The summed E-state index contributed by atoms with van der Waals surface area (Å²) in [5, 5.41) is 22.1. The van der Waals surface area contributed by atoms with Gasteiger partial charge >= 0.3 is 5.97 Å². The van der Waals surface area contributed by atoms with Crippen LogP contribution in [-0.4, -0.2) is 45.7 Å². The lowest BCUT2D eigenvalue weighted by Gasteiger charge is -2.23. The van der Waals surface area contributed by atoms with E-state index in [1.165, 1.54) is 30.4 Å². The first-order valence-corrected chi connectivity index (χ1v) is 11.2. The van der Waals surface area contributed by atoms with E-state index in [1.54, 1.807) is 19.1 Å². The molecule has 0 aromatic carbocycles. The van der Waals surface area contributed by atoms with E-state index < -0.39 is 29.7 Å². The number of nitrogens with one attached hydrogen (secondary N) is 1. The van der Waals surface area contributed by atoms with Crippen LogP contribution in [0.2, 0.25) is 0 Å². The second-order valence-electron chi connectivity index (χ2n) is 8.54. The summed E-state index contributed by atoms with van der Waals surface area (Å²) < 4.78 is 5.33. The molecule has 0 aromatic rings. The third-order valence-corrected chi connectivity index (χ3v) is 5.39. The number of fused-ring (bicyclic) bond motifs is 1. The molecule has 7 nitrogen and oxygen atoms in total. The molecule has 0 saturated carbocycles. The zero-order valence-corrected chi connectivity index (χ0v) is 19.6. The van der Waals surface area contributed by atoms with Crippen LogP contribution in [0.3, 0.4) is 0 Å². The van der Waals surface area contributed by atoms with Crippen LogP contribution in [0.15, 0.2) is 71.5 Å². The van der Waals surface area contributed by atoms with Crippen molar-refractivity contribution in [3.8, 4) is 0 Å².